The summed E-state index contributed by atoms with van der Waals surface area (Å²) >= 11 is 0. The Labute approximate surface area is 122 Å². The summed E-state index contributed by atoms with van der Waals surface area (Å²) in [6.45, 7) is 6.85. The van der Waals surface area contributed by atoms with Crippen LogP contribution in [0.25, 0.3) is 0 Å². The predicted octanol–water partition coefficient (Wildman–Crippen LogP) is 0.484. The summed E-state index contributed by atoms with van der Waals surface area (Å²) in [4.78, 5) is 2.56. The van der Waals surface area contributed by atoms with Crippen molar-refractivity contribution in [2.75, 3.05) is 38.5 Å². The van der Waals surface area contributed by atoms with Crippen LogP contribution in [-0.4, -0.2) is 68.2 Å². The fraction of sp³-hybridized carbons (Fsp3) is 1.00. The summed E-state index contributed by atoms with van der Waals surface area (Å²) in [5.74, 6) is 1.07. The van der Waals surface area contributed by atoms with E-state index < -0.39 is 10.0 Å². The highest BCUT2D eigenvalue weighted by Crippen LogP contribution is 2.28. The quantitative estimate of drug-likeness (QED) is 0.821. The Morgan fingerprint density at radius 3 is 2.20 bits per heavy atom. The lowest BCUT2D eigenvalue weighted by Crippen LogP contribution is -2.59. The molecule has 0 amide bonds. The Kier molecular flexibility index (Phi) is 4.36. The minimum Gasteiger partial charge on any atom is -0.310 e. The Morgan fingerprint density at radius 1 is 1.05 bits per heavy atom. The van der Waals surface area contributed by atoms with Crippen LogP contribution < -0.4 is 5.32 Å². The van der Waals surface area contributed by atoms with Gasteiger partial charge in [-0.2, -0.15) is 0 Å². The molecular weight excluding hydrogens is 274 g/mol. The van der Waals surface area contributed by atoms with Crippen molar-refractivity contribution in [2.45, 2.75) is 44.7 Å². The average Bonchev–Trinajstić information content (AvgIpc) is 2.49. The van der Waals surface area contributed by atoms with Gasteiger partial charge in [0.05, 0.1) is 5.75 Å². The van der Waals surface area contributed by atoms with E-state index in [4.69, 9.17) is 0 Å². The first kappa shape index (κ1) is 14.8. The molecule has 116 valence electrons. The smallest absolute Gasteiger partial charge is 0.213 e. The van der Waals surface area contributed by atoms with Crippen LogP contribution in [0.1, 0.15) is 32.6 Å². The molecule has 4 saturated heterocycles. The Bertz CT molecular complexity index is 424. The van der Waals surface area contributed by atoms with Gasteiger partial charge in [-0.3, -0.25) is 0 Å². The molecule has 0 spiro atoms. The first-order chi connectivity index (χ1) is 9.58. The second-order valence-electron chi connectivity index (χ2n) is 6.49. The van der Waals surface area contributed by atoms with Gasteiger partial charge in [0.1, 0.15) is 0 Å². The van der Waals surface area contributed by atoms with Crippen molar-refractivity contribution in [1.29, 1.82) is 0 Å². The predicted molar refractivity (Wildman–Crippen MR) is 80.1 cm³/mol. The molecule has 20 heavy (non-hydrogen) atoms. The summed E-state index contributed by atoms with van der Waals surface area (Å²) in [7, 11) is -2.99. The third kappa shape index (κ3) is 3.03. The van der Waals surface area contributed by atoms with Crippen molar-refractivity contribution in [3.63, 3.8) is 0 Å². The maximum atomic E-state index is 11.9. The maximum absolute atomic E-state index is 11.9. The number of piperidine rings is 4. The Hall–Kier alpha value is -0.170. The van der Waals surface area contributed by atoms with Crippen LogP contribution in [-0.2, 0) is 10.0 Å². The molecule has 4 aliphatic heterocycles. The van der Waals surface area contributed by atoms with Crippen LogP contribution in [0.4, 0.5) is 0 Å². The highest BCUT2D eigenvalue weighted by molar-refractivity contribution is 7.89. The second kappa shape index (κ2) is 5.91. The van der Waals surface area contributed by atoms with E-state index in [-0.39, 0.29) is 5.75 Å². The SMILES string of the molecule is CCS(=O)(=O)N1CCC(NC2CN3CCC2CC3)CC1. The summed E-state index contributed by atoms with van der Waals surface area (Å²) in [5, 5.41) is 3.82. The standard InChI is InChI=1S/C14H27N3O2S/c1-2-20(18,19)17-9-5-13(6-10-17)15-14-11-16-7-3-12(14)4-8-16/h12-15H,2-11H2,1H3. The van der Waals surface area contributed by atoms with E-state index in [1.165, 1.54) is 32.5 Å². The molecule has 1 unspecified atom stereocenters. The Morgan fingerprint density at radius 2 is 1.70 bits per heavy atom. The molecule has 1 atom stereocenters. The van der Waals surface area contributed by atoms with E-state index in [1.807, 2.05) is 0 Å². The van der Waals surface area contributed by atoms with Gasteiger partial charge in [-0.25, -0.2) is 12.7 Å². The summed E-state index contributed by atoms with van der Waals surface area (Å²) in [5.41, 5.74) is 0. The summed E-state index contributed by atoms with van der Waals surface area (Å²) in [6.07, 6.45) is 4.59. The lowest BCUT2D eigenvalue weighted by Gasteiger charge is -2.47. The number of hydrogen-bond acceptors (Lipinski definition) is 4. The van der Waals surface area contributed by atoms with Gasteiger partial charge in [0.25, 0.3) is 0 Å². The molecule has 0 aromatic carbocycles. The lowest BCUT2D eigenvalue weighted by atomic mass is 9.83. The molecule has 2 bridgehead atoms. The fourth-order valence-electron chi connectivity index (χ4n) is 3.94. The van der Waals surface area contributed by atoms with Crippen LogP contribution in [0, 0.1) is 5.92 Å². The number of nitrogens with one attached hydrogen (secondary N) is 1. The molecule has 4 heterocycles. The molecule has 4 fully saturated rings. The van der Waals surface area contributed by atoms with Crippen LogP contribution in [0.2, 0.25) is 0 Å². The van der Waals surface area contributed by atoms with Crippen LogP contribution in [0.5, 0.6) is 0 Å². The van der Waals surface area contributed by atoms with Crippen molar-refractivity contribution < 1.29 is 8.42 Å². The van der Waals surface area contributed by atoms with E-state index in [1.54, 1.807) is 11.2 Å². The van der Waals surface area contributed by atoms with Crippen LogP contribution in [0.15, 0.2) is 0 Å². The van der Waals surface area contributed by atoms with Gasteiger partial charge in [-0.1, -0.05) is 0 Å². The van der Waals surface area contributed by atoms with Gasteiger partial charge in [0.15, 0.2) is 0 Å². The van der Waals surface area contributed by atoms with Gasteiger partial charge in [0, 0.05) is 31.7 Å². The van der Waals surface area contributed by atoms with E-state index in [0.717, 1.165) is 18.8 Å². The third-order valence-electron chi connectivity index (χ3n) is 5.32. The molecule has 0 saturated carbocycles. The normalized spacial score (nSPS) is 36.4. The van der Waals surface area contributed by atoms with Gasteiger partial charge in [-0.15, -0.1) is 0 Å². The number of hydrogen-bond donors (Lipinski definition) is 1. The first-order valence-corrected chi connectivity index (χ1v) is 9.65. The van der Waals surface area contributed by atoms with Crippen molar-refractivity contribution in [2.24, 2.45) is 5.92 Å². The van der Waals surface area contributed by atoms with E-state index in [2.05, 4.69) is 10.2 Å². The largest absolute Gasteiger partial charge is 0.310 e. The minimum atomic E-state index is -2.99. The number of nitrogens with zero attached hydrogens (tertiary/aromatic N) is 2. The average molecular weight is 301 g/mol. The van der Waals surface area contributed by atoms with E-state index in [0.29, 0.717) is 25.2 Å². The van der Waals surface area contributed by atoms with Gasteiger partial charge < -0.3 is 10.2 Å². The summed E-state index contributed by atoms with van der Waals surface area (Å²) in [6, 6.07) is 1.14. The van der Waals surface area contributed by atoms with E-state index >= 15 is 0 Å². The molecule has 4 aliphatic rings. The fourth-order valence-corrected chi connectivity index (χ4v) is 5.07. The van der Waals surface area contributed by atoms with Gasteiger partial charge in [-0.05, 0) is 51.6 Å². The van der Waals surface area contributed by atoms with Crippen molar-refractivity contribution in [1.82, 2.24) is 14.5 Å². The minimum absolute atomic E-state index is 0.227. The van der Waals surface area contributed by atoms with E-state index in [9.17, 15) is 8.42 Å². The highest BCUT2D eigenvalue weighted by atomic mass is 32.2. The lowest BCUT2D eigenvalue weighted by molar-refractivity contribution is 0.0630. The van der Waals surface area contributed by atoms with Gasteiger partial charge in [0.2, 0.25) is 10.0 Å². The van der Waals surface area contributed by atoms with Crippen molar-refractivity contribution >= 4 is 10.0 Å². The molecular formula is C14H27N3O2S. The zero-order valence-electron chi connectivity index (χ0n) is 12.4. The molecule has 5 nitrogen and oxygen atoms in total. The van der Waals surface area contributed by atoms with Crippen molar-refractivity contribution in [3.8, 4) is 0 Å². The van der Waals surface area contributed by atoms with Crippen LogP contribution >= 0.6 is 0 Å². The molecule has 0 aromatic heterocycles. The molecule has 0 aromatic rings. The zero-order valence-corrected chi connectivity index (χ0v) is 13.2. The number of sulfonamides is 1. The van der Waals surface area contributed by atoms with Crippen LogP contribution in [0.3, 0.4) is 0 Å². The molecule has 4 rings (SSSR count). The monoisotopic (exact) mass is 301 g/mol. The molecule has 1 N–H and O–H groups in total. The highest BCUT2D eigenvalue weighted by Gasteiger charge is 2.36. The number of rotatable bonds is 4. The number of fused-ring (bicyclic) bond motifs is 3. The van der Waals surface area contributed by atoms with Gasteiger partial charge >= 0.3 is 0 Å². The second-order valence-corrected chi connectivity index (χ2v) is 8.74. The Balaban J connectivity index is 1.49. The maximum Gasteiger partial charge on any atom is 0.213 e. The zero-order chi connectivity index (χ0) is 14.2. The van der Waals surface area contributed by atoms with Crippen molar-refractivity contribution in [3.05, 3.63) is 0 Å². The molecule has 0 aliphatic carbocycles. The molecule has 0 radical (unpaired) electrons. The topological polar surface area (TPSA) is 52.7 Å². The summed E-state index contributed by atoms with van der Waals surface area (Å²) < 4.78 is 25.4. The third-order valence-corrected chi connectivity index (χ3v) is 7.20. The first-order valence-electron chi connectivity index (χ1n) is 8.04. The molecule has 6 heteroatoms.